The van der Waals surface area contributed by atoms with Gasteiger partial charge in [0.15, 0.2) is 0 Å². The Balaban J connectivity index is 2.43. The molecule has 2 aromatic rings. The Hall–Kier alpha value is -1.37. The summed E-state index contributed by atoms with van der Waals surface area (Å²) in [6, 6.07) is 10.3. The van der Waals surface area contributed by atoms with Crippen LogP contribution >= 0.6 is 0 Å². The number of unbranched alkanes of at least 4 members (excludes halogenated alkanes) is 1. The van der Waals surface area contributed by atoms with Gasteiger partial charge >= 0.3 is 0 Å². The van der Waals surface area contributed by atoms with Crippen LogP contribution in [0.5, 0.6) is 0 Å². The van der Waals surface area contributed by atoms with Gasteiger partial charge in [0.05, 0.1) is 6.20 Å². The summed E-state index contributed by atoms with van der Waals surface area (Å²) >= 11 is 0. The Kier molecular flexibility index (Phi) is 2.78. The molecular formula is C13H14N. The highest BCUT2D eigenvalue weighted by atomic mass is 14.7. The molecule has 1 aromatic heterocycles. The van der Waals surface area contributed by atoms with Gasteiger partial charge in [0.1, 0.15) is 0 Å². The first-order valence-electron chi connectivity index (χ1n) is 5.16. The van der Waals surface area contributed by atoms with Crippen LogP contribution in [-0.2, 0) is 6.42 Å². The molecule has 2 rings (SSSR count). The van der Waals surface area contributed by atoms with Gasteiger partial charge in [-0.25, -0.2) is 0 Å². The van der Waals surface area contributed by atoms with Crippen molar-refractivity contribution in [3.05, 3.63) is 42.2 Å². The number of aromatic nitrogens is 1. The lowest BCUT2D eigenvalue weighted by molar-refractivity contribution is 0.781. The van der Waals surface area contributed by atoms with Crippen LogP contribution in [0.15, 0.2) is 30.3 Å². The Bertz CT molecular complexity index is 415. The van der Waals surface area contributed by atoms with E-state index in [0.29, 0.717) is 0 Å². The van der Waals surface area contributed by atoms with Gasteiger partial charge < -0.3 is 0 Å². The van der Waals surface area contributed by atoms with Crippen LogP contribution in [0.1, 0.15) is 25.5 Å². The maximum absolute atomic E-state index is 4.32. The van der Waals surface area contributed by atoms with Crippen molar-refractivity contribution < 1.29 is 0 Å². The largest absolute Gasteiger partial charge is 0.251 e. The van der Waals surface area contributed by atoms with Crippen LogP contribution in [0.25, 0.3) is 10.8 Å². The number of aryl methyl sites for hydroxylation is 1. The molecule has 0 aliphatic carbocycles. The number of nitrogens with zero attached hydrogens (tertiary/aromatic N) is 1. The molecule has 1 heterocycles. The summed E-state index contributed by atoms with van der Waals surface area (Å²) in [5.41, 5.74) is 1.19. The van der Waals surface area contributed by atoms with Crippen molar-refractivity contribution in [1.82, 2.24) is 4.98 Å². The summed E-state index contributed by atoms with van der Waals surface area (Å²) in [5.74, 6) is 0. The van der Waals surface area contributed by atoms with Gasteiger partial charge in [-0.15, -0.1) is 0 Å². The quantitative estimate of drug-likeness (QED) is 0.712. The van der Waals surface area contributed by atoms with Gasteiger partial charge in [0.2, 0.25) is 0 Å². The summed E-state index contributed by atoms with van der Waals surface area (Å²) in [4.78, 5) is 4.32. The van der Waals surface area contributed by atoms with Gasteiger partial charge in [-0.1, -0.05) is 37.6 Å². The van der Waals surface area contributed by atoms with Crippen LogP contribution in [0, 0.1) is 6.20 Å². The molecule has 0 unspecified atom stereocenters. The third-order valence-corrected chi connectivity index (χ3v) is 2.46. The standard InChI is InChI=1S/C13H14N/c1-2-3-8-13-12-7-5-4-6-11(12)9-10-14-13/h4-7,9H,2-3,8H2,1H3. The van der Waals surface area contributed by atoms with E-state index >= 15 is 0 Å². The molecule has 0 saturated heterocycles. The summed E-state index contributed by atoms with van der Waals surface area (Å²) < 4.78 is 0. The number of hydrogen-bond acceptors (Lipinski definition) is 1. The van der Waals surface area contributed by atoms with E-state index in [1.165, 1.54) is 29.3 Å². The second-order valence-electron chi connectivity index (χ2n) is 3.52. The van der Waals surface area contributed by atoms with Crippen molar-refractivity contribution in [1.29, 1.82) is 0 Å². The van der Waals surface area contributed by atoms with E-state index in [1.54, 1.807) is 0 Å². The van der Waals surface area contributed by atoms with Crippen molar-refractivity contribution >= 4 is 10.8 Å². The van der Waals surface area contributed by atoms with Crippen molar-refractivity contribution in [2.24, 2.45) is 0 Å². The highest BCUT2D eigenvalue weighted by Crippen LogP contribution is 2.17. The lowest BCUT2D eigenvalue weighted by Crippen LogP contribution is -1.91. The minimum Gasteiger partial charge on any atom is -0.251 e. The topological polar surface area (TPSA) is 12.9 Å². The minimum absolute atomic E-state index is 1.06. The maximum Gasteiger partial charge on any atom is 0.0896 e. The Labute approximate surface area is 84.8 Å². The Morgan fingerprint density at radius 1 is 1.29 bits per heavy atom. The molecule has 0 aliphatic rings. The lowest BCUT2D eigenvalue weighted by atomic mass is 10.1. The highest BCUT2D eigenvalue weighted by molar-refractivity contribution is 5.84. The second-order valence-corrected chi connectivity index (χ2v) is 3.52. The van der Waals surface area contributed by atoms with Crippen LogP contribution in [-0.4, -0.2) is 4.98 Å². The second kappa shape index (κ2) is 4.23. The van der Waals surface area contributed by atoms with Crippen molar-refractivity contribution in [3.8, 4) is 0 Å². The fraction of sp³-hybridized carbons (Fsp3) is 0.308. The first-order valence-corrected chi connectivity index (χ1v) is 5.16. The van der Waals surface area contributed by atoms with E-state index < -0.39 is 0 Å². The first kappa shape index (κ1) is 9.20. The zero-order chi connectivity index (χ0) is 9.80. The zero-order valence-corrected chi connectivity index (χ0v) is 8.46. The summed E-state index contributed by atoms with van der Waals surface area (Å²) in [7, 11) is 0. The number of hydrogen-bond donors (Lipinski definition) is 0. The molecule has 1 aromatic carbocycles. The SMILES string of the molecule is CCCCc1n[c]cc2ccccc12. The summed E-state index contributed by atoms with van der Waals surface area (Å²) in [6.07, 6.45) is 6.44. The molecular weight excluding hydrogens is 170 g/mol. The fourth-order valence-electron chi connectivity index (χ4n) is 1.66. The number of fused-ring (bicyclic) bond motifs is 1. The van der Waals surface area contributed by atoms with Gasteiger partial charge in [-0.05, 0) is 24.3 Å². The molecule has 0 N–H and O–H groups in total. The van der Waals surface area contributed by atoms with E-state index in [9.17, 15) is 0 Å². The molecule has 1 nitrogen and oxygen atoms in total. The third-order valence-electron chi connectivity index (χ3n) is 2.46. The molecule has 1 radical (unpaired) electrons. The van der Waals surface area contributed by atoms with Crippen LogP contribution < -0.4 is 0 Å². The smallest absolute Gasteiger partial charge is 0.0896 e. The number of benzene rings is 1. The van der Waals surface area contributed by atoms with Crippen molar-refractivity contribution in [2.45, 2.75) is 26.2 Å². The monoisotopic (exact) mass is 184 g/mol. The lowest BCUT2D eigenvalue weighted by Gasteiger charge is -2.03. The van der Waals surface area contributed by atoms with Gasteiger partial charge in [0, 0.05) is 11.1 Å². The molecule has 0 amide bonds. The summed E-state index contributed by atoms with van der Waals surface area (Å²) in [6.45, 7) is 2.20. The van der Waals surface area contributed by atoms with E-state index in [4.69, 9.17) is 0 Å². The minimum atomic E-state index is 1.06. The first-order chi connectivity index (χ1) is 6.92. The summed E-state index contributed by atoms with van der Waals surface area (Å²) in [5, 5.41) is 2.52. The third kappa shape index (κ3) is 1.77. The fourth-order valence-corrected chi connectivity index (χ4v) is 1.66. The molecule has 0 atom stereocenters. The van der Waals surface area contributed by atoms with E-state index in [2.05, 4.69) is 42.4 Å². The van der Waals surface area contributed by atoms with E-state index in [-0.39, 0.29) is 0 Å². The molecule has 0 saturated carbocycles. The van der Waals surface area contributed by atoms with Crippen LogP contribution in [0.4, 0.5) is 0 Å². The predicted octanol–water partition coefficient (Wildman–Crippen LogP) is 3.38. The molecule has 71 valence electrons. The molecule has 0 aliphatic heterocycles. The van der Waals surface area contributed by atoms with Gasteiger partial charge in [-0.2, -0.15) is 0 Å². The molecule has 14 heavy (non-hydrogen) atoms. The highest BCUT2D eigenvalue weighted by Gasteiger charge is 2.00. The predicted molar refractivity (Wildman–Crippen MR) is 59.2 cm³/mol. The van der Waals surface area contributed by atoms with Crippen LogP contribution in [0.3, 0.4) is 0 Å². The molecule has 1 heteroatoms. The Morgan fingerprint density at radius 3 is 3.00 bits per heavy atom. The average molecular weight is 184 g/mol. The van der Waals surface area contributed by atoms with Gasteiger partial charge in [-0.3, -0.25) is 4.98 Å². The number of rotatable bonds is 3. The van der Waals surface area contributed by atoms with Crippen molar-refractivity contribution in [2.75, 3.05) is 0 Å². The average Bonchev–Trinajstić information content (AvgIpc) is 2.26. The normalized spacial score (nSPS) is 10.6. The van der Waals surface area contributed by atoms with Gasteiger partial charge in [0.25, 0.3) is 0 Å². The maximum atomic E-state index is 4.32. The molecule has 0 spiro atoms. The van der Waals surface area contributed by atoms with Crippen molar-refractivity contribution in [3.63, 3.8) is 0 Å². The Morgan fingerprint density at radius 2 is 2.14 bits per heavy atom. The van der Waals surface area contributed by atoms with E-state index in [1.807, 2.05) is 6.07 Å². The number of pyridine rings is 1. The molecule has 0 bridgehead atoms. The van der Waals surface area contributed by atoms with Crippen LogP contribution in [0.2, 0.25) is 0 Å². The molecule has 0 fully saturated rings. The zero-order valence-electron chi connectivity index (χ0n) is 8.46. The van der Waals surface area contributed by atoms with E-state index in [0.717, 1.165) is 6.42 Å².